The van der Waals surface area contributed by atoms with Crippen LogP contribution in [-0.4, -0.2) is 11.7 Å². The Balaban J connectivity index is 2.99. The van der Waals surface area contributed by atoms with Crippen LogP contribution in [0, 0.1) is 11.7 Å². The Morgan fingerprint density at radius 1 is 1.53 bits per heavy atom. The van der Waals surface area contributed by atoms with Crippen molar-refractivity contribution in [2.24, 2.45) is 11.7 Å². The summed E-state index contributed by atoms with van der Waals surface area (Å²) in [5.74, 6) is -0.698. The monoisotopic (exact) mass is 231 g/mol. The normalized spacial score (nSPS) is 15.0. The molecule has 0 heterocycles. The van der Waals surface area contributed by atoms with Crippen molar-refractivity contribution in [3.63, 3.8) is 0 Å². The highest BCUT2D eigenvalue weighted by Crippen LogP contribution is 2.29. The first kappa shape index (κ1) is 12.4. The lowest BCUT2D eigenvalue weighted by Crippen LogP contribution is -2.22. The first-order chi connectivity index (χ1) is 7.11. The van der Waals surface area contributed by atoms with E-state index in [1.165, 1.54) is 12.1 Å². The van der Waals surface area contributed by atoms with E-state index in [4.69, 9.17) is 17.3 Å². The third-order valence-corrected chi connectivity index (χ3v) is 2.87. The highest BCUT2D eigenvalue weighted by Gasteiger charge is 2.21. The molecule has 15 heavy (non-hydrogen) atoms. The zero-order valence-corrected chi connectivity index (χ0v) is 9.34. The molecule has 0 aliphatic rings. The standard InChI is InChI=1S/C11H15ClFNO/c1-2-7(6-14)11(15)8-4-3-5-9(12)10(8)13/h3-5,7,11,15H,2,6,14H2,1H3. The van der Waals surface area contributed by atoms with Crippen LogP contribution in [0.3, 0.4) is 0 Å². The van der Waals surface area contributed by atoms with Gasteiger partial charge in [0.25, 0.3) is 0 Å². The Bertz CT molecular complexity index is 328. The summed E-state index contributed by atoms with van der Waals surface area (Å²) in [5.41, 5.74) is 5.72. The molecule has 0 saturated carbocycles. The number of hydrogen-bond acceptors (Lipinski definition) is 2. The van der Waals surface area contributed by atoms with Crippen molar-refractivity contribution in [1.29, 1.82) is 0 Å². The van der Waals surface area contributed by atoms with E-state index >= 15 is 0 Å². The summed E-state index contributed by atoms with van der Waals surface area (Å²) in [6, 6.07) is 4.61. The molecule has 2 atom stereocenters. The summed E-state index contributed by atoms with van der Waals surface area (Å²) in [6.07, 6.45) is -0.192. The van der Waals surface area contributed by atoms with Crippen molar-refractivity contribution >= 4 is 11.6 Å². The summed E-state index contributed by atoms with van der Waals surface area (Å²) in [7, 11) is 0. The SMILES string of the molecule is CCC(CN)C(O)c1cccc(Cl)c1F. The Kier molecular flexibility index (Phi) is 4.51. The van der Waals surface area contributed by atoms with Gasteiger partial charge in [0.1, 0.15) is 5.82 Å². The van der Waals surface area contributed by atoms with Crippen LogP contribution < -0.4 is 5.73 Å². The van der Waals surface area contributed by atoms with Gasteiger partial charge in [0.2, 0.25) is 0 Å². The number of rotatable bonds is 4. The summed E-state index contributed by atoms with van der Waals surface area (Å²) >= 11 is 5.63. The van der Waals surface area contributed by atoms with Crippen LogP contribution in [0.5, 0.6) is 0 Å². The van der Waals surface area contributed by atoms with Gasteiger partial charge in [-0.3, -0.25) is 0 Å². The van der Waals surface area contributed by atoms with Gasteiger partial charge >= 0.3 is 0 Å². The second-order valence-corrected chi connectivity index (χ2v) is 3.90. The number of benzene rings is 1. The highest BCUT2D eigenvalue weighted by molar-refractivity contribution is 6.30. The molecule has 0 saturated heterocycles. The lowest BCUT2D eigenvalue weighted by molar-refractivity contribution is 0.106. The molecule has 0 bridgehead atoms. The number of aliphatic hydroxyl groups is 1. The summed E-state index contributed by atoms with van der Waals surface area (Å²) in [4.78, 5) is 0. The van der Waals surface area contributed by atoms with Crippen LogP contribution >= 0.6 is 11.6 Å². The van der Waals surface area contributed by atoms with Gasteiger partial charge in [0.15, 0.2) is 0 Å². The van der Waals surface area contributed by atoms with Crippen molar-refractivity contribution in [3.8, 4) is 0 Å². The zero-order chi connectivity index (χ0) is 11.4. The summed E-state index contributed by atoms with van der Waals surface area (Å²) in [5, 5.41) is 9.93. The molecule has 3 N–H and O–H groups in total. The third kappa shape index (κ3) is 2.68. The maximum atomic E-state index is 13.6. The smallest absolute Gasteiger partial charge is 0.147 e. The lowest BCUT2D eigenvalue weighted by atomic mass is 9.93. The number of halogens is 2. The molecule has 0 aliphatic heterocycles. The number of hydrogen-bond donors (Lipinski definition) is 2. The molecule has 0 radical (unpaired) electrons. The molecule has 0 spiro atoms. The largest absolute Gasteiger partial charge is 0.388 e. The molecule has 1 aromatic carbocycles. The second-order valence-electron chi connectivity index (χ2n) is 3.49. The molecule has 0 aromatic heterocycles. The van der Waals surface area contributed by atoms with Crippen molar-refractivity contribution in [1.82, 2.24) is 0 Å². The van der Waals surface area contributed by atoms with Gasteiger partial charge in [0.05, 0.1) is 11.1 Å². The molecule has 84 valence electrons. The fraction of sp³-hybridized carbons (Fsp3) is 0.455. The fourth-order valence-corrected chi connectivity index (χ4v) is 1.70. The lowest BCUT2D eigenvalue weighted by Gasteiger charge is -2.20. The molecular formula is C11H15ClFNO. The van der Waals surface area contributed by atoms with Gasteiger partial charge < -0.3 is 10.8 Å². The van der Waals surface area contributed by atoms with E-state index in [0.717, 1.165) is 0 Å². The van der Waals surface area contributed by atoms with E-state index in [1.807, 2.05) is 6.92 Å². The fourth-order valence-electron chi connectivity index (χ4n) is 1.52. The van der Waals surface area contributed by atoms with Gasteiger partial charge in [-0.1, -0.05) is 30.7 Å². The topological polar surface area (TPSA) is 46.2 Å². The van der Waals surface area contributed by atoms with Crippen molar-refractivity contribution in [3.05, 3.63) is 34.6 Å². The van der Waals surface area contributed by atoms with E-state index in [1.54, 1.807) is 6.07 Å². The average Bonchev–Trinajstić information content (AvgIpc) is 2.23. The molecule has 4 heteroatoms. The van der Waals surface area contributed by atoms with Gasteiger partial charge in [-0.2, -0.15) is 0 Å². The summed E-state index contributed by atoms with van der Waals surface area (Å²) < 4.78 is 13.6. The van der Waals surface area contributed by atoms with Gasteiger partial charge in [-0.25, -0.2) is 4.39 Å². The minimum Gasteiger partial charge on any atom is -0.388 e. The van der Waals surface area contributed by atoms with E-state index in [-0.39, 0.29) is 16.5 Å². The number of nitrogens with two attached hydrogens (primary N) is 1. The molecular weight excluding hydrogens is 217 g/mol. The van der Waals surface area contributed by atoms with Crippen LogP contribution in [0.1, 0.15) is 25.0 Å². The molecule has 2 unspecified atom stereocenters. The Morgan fingerprint density at radius 2 is 2.20 bits per heavy atom. The predicted molar refractivity (Wildman–Crippen MR) is 59.2 cm³/mol. The molecule has 1 rings (SSSR count). The Hall–Kier alpha value is -0.640. The molecule has 0 amide bonds. The minimum atomic E-state index is -0.890. The first-order valence-corrected chi connectivity index (χ1v) is 5.31. The van der Waals surface area contributed by atoms with E-state index < -0.39 is 11.9 Å². The van der Waals surface area contributed by atoms with Crippen molar-refractivity contribution in [2.75, 3.05) is 6.54 Å². The van der Waals surface area contributed by atoms with E-state index in [0.29, 0.717) is 13.0 Å². The highest BCUT2D eigenvalue weighted by atomic mass is 35.5. The third-order valence-electron chi connectivity index (χ3n) is 2.57. The van der Waals surface area contributed by atoms with Crippen molar-refractivity contribution in [2.45, 2.75) is 19.4 Å². The second kappa shape index (κ2) is 5.45. The predicted octanol–water partition coefficient (Wildman–Crippen LogP) is 2.50. The molecule has 1 aromatic rings. The van der Waals surface area contributed by atoms with Gasteiger partial charge in [-0.15, -0.1) is 0 Å². The number of aliphatic hydroxyl groups excluding tert-OH is 1. The Labute approximate surface area is 93.9 Å². The van der Waals surface area contributed by atoms with E-state index in [9.17, 15) is 9.50 Å². The van der Waals surface area contributed by atoms with Crippen LogP contribution in [0.2, 0.25) is 5.02 Å². The maximum absolute atomic E-state index is 13.6. The average molecular weight is 232 g/mol. The zero-order valence-electron chi connectivity index (χ0n) is 8.58. The van der Waals surface area contributed by atoms with Crippen LogP contribution in [-0.2, 0) is 0 Å². The molecule has 0 fully saturated rings. The van der Waals surface area contributed by atoms with E-state index in [2.05, 4.69) is 0 Å². The molecule has 2 nitrogen and oxygen atoms in total. The van der Waals surface area contributed by atoms with Gasteiger partial charge in [0, 0.05) is 11.5 Å². The molecule has 0 aliphatic carbocycles. The first-order valence-electron chi connectivity index (χ1n) is 4.93. The maximum Gasteiger partial charge on any atom is 0.147 e. The van der Waals surface area contributed by atoms with Crippen LogP contribution in [0.25, 0.3) is 0 Å². The van der Waals surface area contributed by atoms with Crippen molar-refractivity contribution < 1.29 is 9.50 Å². The van der Waals surface area contributed by atoms with Crippen LogP contribution in [0.4, 0.5) is 4.39 Å². The Morgan fingerprint density at radius 3 is 2.73 bits per heavy atom. The summed E-state index contributed by atoms with van der Waals surface area (Å²) in [6.45, 7) is 2.23. The van der Waals surface area contributed by atoms with Gasteiger partial charge in [-0.05, 0) is 19.0 Å². The quantitative estimate of drug-likeness (QED) is 0.837. The minimum absolute atomic E-state index is 0.0263. The van der Waals surface area contributed by atoms with Crippen LogP contribution in [0.15, 0.2) is 18.2 Å².